The minimum atomic E-state index is -3.86. The quantitative estimate of drug-likeness (QED) is 0.232. The van der Waals surface area contributed by atoms with Gasteiger partial charge in [-0.25, -0.2) is 8.42 Å². The van der Waals surface area contributed by atoms with Gasteiger partial charge in [-0.2, -0.15) is 0 Å². The summed E-state index contributed by atoms with van der Waals surface area (Å²) in [5, 5.41) is 20.8. The Labute approximate surface area is 304 Å². The van der Waals surface area contributed by atoms with Crippen LogP contribution < -0.4 is 20.9 Å². The highest BCUT2D eigenvalue weighted by atomic mass is 32.2. The number of β-amino-alcohol motifs (C(OH)–C–C–N with tert-alkyl or cyclic N) is 1. The van der Waals surface area contributed by atoms with Crippen molar-refractivity contribution < 1.29 is 27.9 Å². The number of nitrogens with zero attached hydrogens (tertiary/aromatic N) is 2. The van der Waals surface area contributed by atoms with Gasteiger partial charge in [-0.1, -0.05) is 67.8 Å². The van der Waals surface area contributed by atoms with Crippen molar-refractivity contribution in [2.45, 2.75) is 108 Å². The molecule has 2 aliphatic rings. The third-order valence-corrected chi connectivity index (χ3v) is 12.8. The lowest BCUT2D eigenvalue weighted by Gasteiger charge is -2.47. The zero-order valence-electron chi connectivity index (χ0n) is 31.4. The Morgan fingerprint density at radius 1 is 0.922 bits per heavy atom. The summed E-state index contributed by atoms with van der Waals surface area (Å²) in [5.41, 5.74) is 1.23. The minimum absolute atomic E-state index is 0.0690. The van der Waals surface area contributed by atoms with E-state index in [2.05, 4.69) is 20.9 Å². The standard InChI is InChI=1S/C39H59N5O6S/c1-38(2,3)42-36(47)32-23-28-18-14-15-19-29(28)24-44(32)25-33(45)31(22-27-16-10-8-11-17-27)40-37(48)35(39(4,5)51(7,49)50)41-34(46)26-43(6)30-20-12-9-13-21-30/h8-13,16-17,20-21,28-29,31-33,35,45H,14-15,18-19,22-26H2,1-7H3,(H,40,48)(H,41,46)(H,42,47)/t28-,29+,31-,32-,33+,35+/m0/s1. The largest absolute Gasteiger partial charge is 0.390 e. The van der Waals surface area contributed by atoms with E-state index in [1.165, 1.54) is 13.8 Å². The second kappa shape index (κ2) is 16.9. The number of anilines is 1. The van der Waals surface area contributed by atoms with Gasteiger partial charge >= 0.3 is 0 Å². The summed E-state index contributed by atoms with van der Waals surface area (Å²) >= 11 is 0. The molecule has 1 saturated carbocycles. The van der Waals surface area contributed by atoms with E-state index in [9.17, 15) is 27.9 Å². The Hall–Kier alpha value is -3.48. The van der Waals surface area contributed by atoms with Crippen LogP contribution in [0.2, 0.25) is 0 Å². The van der Waals surface area contributed by atoms with Crippen LogP contribution in [0.15, 0.2) is 60.7 Å². The summed E-state index contributed by atoms with van der Waals surface area (Å²) in [6, 6.07) is 16.0. The number of carbonyl (C=O) groups is 3. The van der Waals surface area contributed by atoms with E-state index < -0.39 is 56.2 Å². The fourth-order valence-electron chi connectivity index (χ4n) is 7.38. The van der Waals surface area contributed by atoms with Crippen LogP contribution in [0.25, 0.3) is 0 Å². The van der Waals surface area contributed by atoms with Gasteiger partial charge in [0, 0.05) is 37.6 Å². The Balaban J connectivity index is 1.60. The van der Waals surface area contributed by atoms with Crippen LogP contribution in [0.3, 0.4) is 0 Å². The number of hydrogen-bond acceptors (Lipinski definition) is 8. The van der Waals surface area contributed by atoms with Crippen molar-refractivity contribution >= 4 is 33.2 Å². The van der Waals surface area contributed by atoms with Crippen molar-refractivity contribution in [1.29, 1.82) is 0 Å². The molecule has 0 aromatic heterocycles. The molecule has 0 bridgehead atoms. The monoisotopic (exact) mass is 725 g/mol. The molecule has 51 heavy (non-hydrogen) atoms. The first-order valence-electron chi connectivity index (χ1n) is 18.2. The Kier molecular flexibility index (Phi) is 13.4. The van der Waals surface area contributed by atoms with Crippen LogP contribution in [0, 0.1) is 11.8 Å². The van der Waals surface area contributed by atoms with Crippen LogP contribution in [0.1, 0.15) is 72.3 Å². The summed E-state index contributed by atoms with van der Waals surface area (Å²) in [5.74, 6) is -0.432. The zero-order chi connectivity index (χ0) is 37.6. The van der Waals surface area contributed by atoms with Crippen molar-refractivity contribution in [3.63, 3.8) is 0 Å². The molecule has 2 aromatic carbocycles. The van der Waals surface area contributed by atoms with Crippen molar-refractivity contribution in [2.24, 2.45) is 11.8 Å². The number of carbonyl (C=O) groups excluding carboxylic acids is 3. The van der Waals surface area contributed by atoms with Gasteiger partial charge in [0.2, 0.25) is 17.7 Å². The van der Waals surface area contributed by atoms with Gasteiger partial charge in [0.1, 0.15) is 6.04 Å². The van der Waals surface area contributed by atoms with E-state index in [0.717, 1.165) is 43.2 Å². The summed E-state index contributed by atoms with van der Waals surface area (Å²) in [6.45, 7) is 9.39. The summed E-state index contributed by atoms with van der Waals surface area (Å²) in [4.78, 5) is 45.1. The molecule has 2 aromatic rings. The molecule has 0 unspecified atom stereocenters. The number of benzene rings is 2. The number of rotatable bonds is 14. The van der Waals surface area contributed by atoms with Gasteiger partial charge in [-0.3, -0.25) is 19.3 Å². The van der Waals surface area contributed by atoms with Gasteiger partial charge < -0.3 is 26.0 Å². The number of para-hydroxylation sites is 1. The lowest BCUT2D eigenvalue weighted by Crippen LogP contribution is -2.64. The molecule has 3 amide bonds. The molecule has 12 heteroatoms. The summed E-state index contributed by atoms with van der Waals surface area (Å²) in [6.07, 6.45) is 5.38. The molecule has 11 nitrogen and oxygen atoms in total. The van der Waals surface area contributed by atoms with E-state index >= 15 is 0 Å². The highest BCUT2D eigenvalue weighted by Gasteiger charge is 2.46. The zero-order valence-corrected chi connectivity index (χ0v) is 32.2. The molecule has 2 fully saturated rings. The predicted octanol–water partition coefficient (Wildman–Crippen LogP) is 3.31. The van der Waals surface area contributed by atoms with Crippen molar-refractivity contribution in [1.82, 2.24) is 20.9 Å². The molecule has 1 saturated heterocycles. The highest BCUT2D eigenvalue weighted by Crippen LogP contribution is 2.39. The average molecular weight is 726 g/mol. The molecule has 0 radical (unpaired) electrons. The Bertz CT molecular complexity index is 1580. The number of sulfone groups is 1. The molecule has 1 aliphatic heterocycles. The normalized spacial score (nSPS) is 21.8. The molecule has 1 heterocycles. The van der Waals surface area contributed by atoms with E-state index in [-0.39, 0.29) is 25.4 Å². The molecule has 4 N–H and O–H groups in total. The van der Waals surface area contributed by atoms with Crippen LogP contribution in [0.4, 0.5) is 5.69 Å². The van der Waals surface area contributed by atoms with Crippen molar-refractivity contribution in [2.75, 3.05) is 37.8 Å². The third kappa shape index (κ3) is 11.0. The predicted molar refractivity (Wildman–Crippen MR) is 202 cm³/mol. The fraction of sp³-hybridized carbons (Fsp3) is 0.615. The lowest BCUT2D eigenvalue weighted by atomic mass is 9.72. The van der Waals surface area contributed by atoms with Gasteiger partial charge in [-0.05, 0) is 83.4 Å². The van der Waals surface area contributed by atoms with E-state index in [1.807, 2.05) is 81.4 Å². The van der Waals surface area contributed by atoms with Crippen molar-refractivity contribution in [3.8, 4) is 0 Å². The van der Waals surface area contributed by atoms with E-state index in [4.69, 9.17) is 0 Å². The van der Waals surface area contributed by atoms with Crippen LogP contribution in [0.5, 0.6) is 0 Å². The molecule has 282 valence electrons. The van der Waals surface area contributed by atoms with E-state index in [0.29, 0.717) is 24.8 Å². The third-order valence-electron chi connectivity index (χ3n) is 10.6. The maximum Gasteiger partial charge on any atom is 0.244 e. The van der Waals surface area contributed by atoms with Crippen LogP contribution >= 0.6 is 0 Å². The Morgan fingerprint density at radius 3 is 2.10 bits per heavy atom. The first-order chi connectivity index (χ1) is 23.9. The SMILES string of the molecule is CN(CC(=O)N[C@H](C(=O)N[C@@H](Cc1ccccc1)[C@H](O)CN1C[C@H]2CCCC[C@H]2C[C@H]1C(=O)NC(C)(C)C)C(C)(C)S(C)(=O)=O)c1ccccc1. The Morgan fingerprint density at radius 2 is 1.51 bits per heavy atom. The second-order valence-electron chi connectivity index (χ2n) is 16.2. The second-order valence-corrected chi connectivity index (χ2v) is 18.8. The summed E-state index contributed by atoms with van der Waals surface area (Å²) < 4.78 is 24.5. The number of aliphatic hydroxyl groups is 1. The number of hydrogen-bond donors (Lipinski definition) is 4. The van der Waals surface area contributed by atoms with Crippen LogP contribution in [-0.2, 0) is 30.6 Å². The number of fused-ring (bicyclic) bond motifs is 1. The first kappa shape index (κ1) is 40.3. The molecule has 6 atom stereocenters. The van der Waals surface area contributed by atoms with E-state index in [1.54, 1.807) is 11.9 Å². The number of nitrogens with one attached hydrogen (secondary N) is 3. The first-order valence-corrected chi connectivity index (χ1v) is 20.1. The number of piperidine rings is 1. The topological polar surface area (TPSA) is 148 Å². The van der Waals surface area contributed by atoms with Gasteiger partial charge in [0.25, 0.3) is 0 Å². The molecular formula is C39H59N5O6S. The number of likely N-dealkylation sites (N-methyl/N-ethyl adjacent to an activating group) is 1. The van der Waals surface area contributed by atoms with Crippen molar-refractivity contribution in [3.05, 3.63) is 66.2 Å². The highest BCUT2D eigenvalue weighted by molar-refractivity contribution is 7.92. The molecular weight excluding hydrogens is 667 g/mol. The van der Waals surface area contributed by atoms with Gasteiger partial charge in [0.15, 0.2) is 9.84 Å². The fourth-order valence-corrected chi connectivity index (χ4v) is 7.97. The smallest absolute Gasteiger partial charge is 0.244 e. The minimum Gasteiger partial charge on any atom is -0.390 e. The van der Waals surface area contributed by atoms with Gasteiger partial charge in [-0.15, -0.1) is 0 Å². The molecule has 0 spiro atoms. The molecule has 4 rings (SSSR count). The van der Waals surface area contributed by atoms with Gasteiger partial charge in [0.05, 0.1) is 29.5 Å². The summed E-state index contributed by atoms with van der Waals surface area (Å²) in [7, 11) is -2.12. The van der Waals surface area contributed by atoms with Crippen LogP contribution in [-0.4, -0.2) is 104 Å². The average Bonchev–Trinajstić information content (AvgIpc) is 3.06. The number of likely N-dealkylation sites (tertiary alicyclic amines) is 1. The maximum atomic E-state index is 14.2. The lowest BCUT2D eigenvalue weighted by molar-refractivity contribution is -0.133. The maximum absolute atomic E-state index is 14.2. The number of amides is 3. The number of aliphatic hydroxyl groups excluding tert-OH is 1. The molecule has 1 aliphatic carbocycles.